The zero-order valence-electron chi connectivity index (χ0n) is 13.7. The lowest BCUT2D eigenvalue weighted by Gasteiger charge is -2.11. The van der Waals surface area contributed by atoms with Crippen molar-refractivity contribution in [2.45, 2.75) is 4.90 Å². The largest absolute Gasteiger partial charge is 0.492 e. The first-order valence-electron chi connectivity index (χ1n) is 7.93. The highest BCUT2D eigenvalue weighted by Gasteiger charge is 2.16. The van der Waals surface area contributed by atoms with Crippen LogP contribution in [0.15, 0.2) is 78.2 Å². The molecule has 4 nitrogen and oxygen atoms in total. The van der Waals surface area contributed by atoms with Gasteiger partial charge in [0.05, 0.1) is 4.90 Å². The summed E-state index contributed by atoms with van der Waals surface area (Å²) in [5, 5.41) is 2.22. The number of benzene rings is 3. The van der Waals surface area contributed by atoms with Crippen molar-refractivity contribution in [3.8, 4) is 5.75 Å². The summed E-state index contributed by atoms with van der Waals surface area (Å²) in [6, 6.07) is 20.5. The van der Waals surface area contributed by atoms with Crippen molar-refractivity contribution in [1.29, 1.82) is 0 Å². The summed E-state index contributed by atoms with van der Waals surface area (Å²) in [7, 11) is -3.59. The number of hydrogen-bond donors (Lipinski definition) is 1. The van der Waals surface area contributed by atoms with E-state index in [4.69, 9.17) is 4.74 Å². The van der Waals surface area contributed by atoms with Gasteiger partial charge < -0.3 is 4.74 Å². The van der Waals surface area contributed by atoms with Crippen LogP contribution in [0.2, 0.25) is 0 Å². The van der Waals surface area contributed by atoms with Crippen molar-refractivity contribution in [2.24, 2.45) is 0 Å². The minimum absolute atomic E-state index is 0.181. The molecule has 0 radical (unpaired) electrons. The standard InChI is InChI=1S/C20H19NO3S/c1-2-16-7-5-6-10-20(16)25(22,23)21-13-14-24-19-12-11-17-8-3-4-9-18(17)15-19/h2-12,15,21H,1,13-14H2. The molecule has 0 saturated heterocycles. The van der Waals surface area contributed by atoms with Gasteiger partial charge in [0.25, 0.3) is 0 Å². The van der Waals surface area contributed by atoms with E-state index >= 15 is 0 Å². The number of ether oxygens (including phenoxy) is 1. The fourth-order valence-electron chi connectivity index (χ4n) is 2.57. The van der Waals surface area contributed by atoms with Gasteiger partial charge >= 0.3 is 0 Å². The molecule has 0 unspecified atom stereocenters. The van der Waals surface area contributed by atoms with Gasteiger partial charge in [-0.15, -0.1) is 0 Å². The zero-order chi connectivity index (χ0) is 17.7. The fourth-order valence-corrected chi connectivity index (χ4v) is 3.80. The predicted molar refractivity (Wildman–Crippen MR) is 101 cm³/mol. The van der Waals surface area contributed by atoms with Crippen LogP contribution in [-0.4, -0.2) is 21.6 Å². The van der Waals surface area contributed by atoms with Crippen molar-refractivity contribution in [3.05, 3.63) is 78.9 Å². The smallest absolute Gasteiger partial charge is 0.241 e. The lowest BCUT2D eigenvalue weighted by Crippen LogP contribution is -2.28. The molecule has 0 aliphatic rings. The normalized spacial score (nSPS) is 11.4. The van der Waals surface area contributed by atoms with Crippen LogP contribution in [0.4, 0.5) is 0 Å². The van der Waals surface area contributed by atoms with Crippen molar-refractivity contribution in [2.75, 3.05) is 13.2 Å². The van der Waals surface area contributed by atoms with Gasteiger partial charge in [-0.05, 0) is 34.5 Å². The summed E-state index contributed by atoms with van der Waals surface area (Å²) in [4.78, 5) is 0.218. The van der Waals surface area contributed by atoms with Crippen LogP contribution in [0, 0.1) is 0 Å². The first-order chi connectivity index (χ1) is 12.1. The second-order valence-electron chi connectivity index (χ2n) is 5.50. The highest BCUT2D eigenvalue weighted by molar-refractivity contribution is 7.89. The van der Waals surface area contributed by atoms with Crippen molar-refractivity contribution >= 4 is 26.9 Å². The lowest BCUT2D eigenvalue weighted by molar-refractivity contribution is 0.323. The summed E-state index contributed by atoms with van der Waals surface area (Å²) in [6.07, 6.45) is 1.53. The van der Waals surface area contributed by atoms with E-state index in [9.17, 15) is 8.42 Å². The highest BCUT2D eigenvalue weighted by atomic mass is 32.2. The van der Waals surface area contributed by atoms with E-state index in [1.165, 1.54) is 6.08 Å². The maximum absolute atomic E-state index is 12.4. The van der Waals surface area contributed by atoms with Crippen molar-refractivity contribution < 1.29 is 13.2 Å². The first-order valence-corrected chi connectivity index (χ1v) is 9.41. The molecule has 0 saturated carbocycles. The van der Waals surface area contributed by atoms with E-state index in [1.807, 2.05) is 42.5 Å². The number of sulfonamides is 1. The Morgan fingerprint density at radius 2 is 1.68 bits per heavy atom. The molecule has 5 heteroatoms. The molecule has 0 bridgehead atoms. The minimum Gasteiger partial charge on any atom is -0.492 e. The Balaban J connectivity index is 1.61. The van der Waals surface area contributed by atoms with Crippen LogP contribution < -0.4 is 9.46 Å². The minimum atomic E-state index is -3.59. The SMILES string of the molecule is C=Cc1ccccc1S(=O)(=O)NCCOc1ccc2ccccc2c1. The topological polar surface area (TPSA) is 55.4 Å². The van der Waals surface area contributed by atoms with Gasteiger partial charge in [-0.2, -0.15) is 0 Å². The quantitative estimate of drug-likeness (QED) is 0.657. The third-order valence-corrected chi connectivity index (χ3v) is 5.35. The van der Waals surface area contributed by atoms with Crippen LogP contribution >= 0.6 is 0 Å². The highest BCUT2D eigenvalue weighted by Crippen LogP contribution is 2.20. The van der Waals surface area contributed by atoms with Crippen LogP contribution in [0.25, 0.3) is 16.8 Å². The van der Waals surface area contributed by atoms with Gasteiger partial charge in [-0.25, -0.2) is 13.1 Å². The molecule has 0 fully saturated rings. The van der Waals surface area contributed by atoms with Gasteiger partial charge in [-0.3, -0.25) is 0 Å². The van der Waals surface area contributed by atoms with E-state index < -0.39 is 10.0 Å². The maximum atomic E-state index is 12.4. The van der Waals surface area contributed by atoms with Gasteiger partial charge in [0, 0.05) is 6.54 Å². The Hall–Kier alpha value is -2.63. The molecule has 0 aromatic heterocycles. The second-order valence-corrected chi connectivity index (χ2v) is 7.23. The van der Waals surface area contributed by atoms with E-state index in [2.05, 4.69) is 11.3 Å². The number of fused-ring (bicyclic) bond motifs is 1. The molecular formula is C20H19NO3S. The Bertz CT molecular complexity index is 997. The number of nitrogens with one attached hydrogen (secondary N) is 1. The van der Waals surface area contributed by atoms with Crippen LogP contribution in [-0.2, 0) is 10.0 Å². The monoisotopic (exact) mass is 353 g/mol. The molecule has 3 aromatic rings. The molecule has 0 atom stereocenters. The summed E-state index contributed by atoms with van der Waals surface area (Å²) in [6.45, 7) is 4.07. The van der Waals surface area contributed by atoms with E-state index in [0.29, 0.717) is 11.3 Å². The predicted octanol–water partition coefficient (Wildman–Crippen LogP) is 3.84. The number of rotatable bonds is 7. The fraction of sp³-hybridized carbons (Fsp3) is 0.100. The van der Waals surface area contributed by atoms with Gasteiger partial charge in [0.15, 0.2) is 0 Å². The van der Waals surface area contributed by atoms with Gasteiger partial charge in [0.1, 0.15) is 12.4 Å². The van der Waals surface area contributed by atoms with Crippen LogP contribution in [0.3, 0.4) is 0 Å². The summed E-state index contributed by atoms with van der Waals surface area (Å²) < 4.78 is 33.0. The molecule has 0 aliphatic carbocycles. The van der Waals surface area contributed by atoms with E-state index in [1.54, 1.807) is 24.3 Å². The molecular weight excluding hydrogens is 334 g/mol. The molecule has 0 spiro atoms. The Kier molecular flexibility index (Phi) is 5.16. The molecule has 0 aliphatic heterocycles. The molecule has 25 heavy (non-hydrogen) atoms. The summed E-state index contributed by atoms with van der Waals surface area (Å²) in [5.41, 5.74) is 0.574. The average Bonchev–Trinajstić information content (AvgIpc) is 2.65. The summed E-state index contributed by atoms with van der Waals surface area (Å²) >= 11 is 0. The molecule has 3 aromatic carbocycles. The zero-order valence-corrected chi connectivity index (χ0v) is 14.5. The summed E-state index contributed by atoms with van der Waals surface area (Å²) in [5.74, 6) is 0.712. The van der Waals surface area contributed by atoms with E-state index in [-0.39, 0.29) is 18.0 Å². The first kappa shape index (κ1) is 17.2. The molecule has 3 rings (SSSR count). The Morgan fingerprint density at radius 1 is 0.960 bits per heavy atom. The molecule has 0 heterocycles. The Labute approximate surface area is 147 Å². The second kappa shape index (κ2) is 7.51. The van der Waals surface area contributed by atoms with Crippen molar-refractivity contribution in [3.63, 3.8) is 0 Å². The number of hydrogen-bond acceptors (Lipinski definition) is 3. The van der Waals surface area contributed by atoms with E-state index in [0.717, 1.165) is 10.8 Å². The average molecular weight is 353 g/mol. The van der Waals surface area contributed by atoms with Crippen LogP contribution in [0.1, 0.15) is 5.56 Å². The lowest BCUT2D eigenvalue weighted by atomic mass is 10.1. The van der Waals surface area contributed by atoms with Crippen LogP contribution in [0.5, 0.6) is 5.75 Å². The maximum Gasteiger partial charge on any atom is 0.241 e. The molecule has 0 amide bonds. The third-order valence-electron chi connectivity index (χ3n) is 3.81. The van der Waals surface area contributed by atoms with Gasteiger partial charge in [0.2, 0.25) is 10.0 Å². The molecule has 1 N–H and O–H groups in total. The third kappa shape index (κ3) is 4.07. The van der Waals surface area contributed by atoms with Crippen molar-refractivity contribution in [1.82, 2.24) is 4.72 Å². The molecule has 128 valence electrons. The Morgan fingerprint density at radius 3 is 2.48 bits per heavy atom. The van der Waals surface area contributed by atoms with Gasteiger partial charge in [-0.1, -0.05) is 61.2 Å².